The van der Waals surface area contributed by atoms with Gasteiger partial charge in [-0.1, -0.05) is 19.9 Å². The SMILES string of the molecule is Cc1nnc(C(C)C)n1C1C[C@H]2CC[C@@H](C1)N2CC[C@H](NC(=O)C1CCN(S(C)(=O)=O)CC1)c1cccs1. The molecule has 3 saturated heterocycles. The van der Waals surface area contributed by atoms with Crippen LogP contribution in [-0.4, -0.2) is 76.3 Å². The van der Waals surface area contributed by atoms with E-state index in [1.165, 1.54) is 28.3 Å². The molecule has 1 unspecified atom stereocenters. The molecule has 0 spiro atoms. The highest BCUT2D eigenvalue weighted by Crippen LogP contribution is 2.42. The van der Waals surface area contributed by atoms with E-state index in [-0.39, 0.29) is 17.9 Å². The number of nitrogens with one attached hydrogen (secondary N) is 1. The summed E-state index contributed by atoms with van der Waals surface area (Å²) < 4.78 is 27.6. The molecule has 5 rings (SSSR count). The van der Waals surface area contributed by atoms with Gasteiger partial charge in [-0.3, -0.25) is 9.69 Å². The Kier molecular flexibility index (Phi) is 8.28. The number of carbonyl (C=O) groups excluding carboxylic acids is 1. The van der Waals surface area contributed by atoms with E-state index in [0.717, 1.165) is 37.5 Å². The van der Waals surface area contributed by atoms with Gasteiger partial charge in [-0.2, -0.15) is 0 Å². The van der Waals surface area contributed by atoms with Crippen LogP contribution >= 0.6 is 11.3 Å². The van der Waals surface area contributed by atoms with E-state index in [2.05, 4.69) is 57.2 Å². The average Bonchev–Trinajstić information content (AvgIpc) is 3.59. The third-order valence-corrected chi connectivity index (χ3v) is 11.1. The Hall–Kier alpha value is -1.82. The molecule has 2 aromatic heterocycles. The molecule has 3 aliphatic rings. The molecule has 2 aromatic rings. The van der Waals surface area contributed by atoms with Crippen LogP contribution < -0.4 is 5.32 Å². The number of fused-ring (bicyclic) bond motifs is 2. The van der Waals surface area contributed by atoms with Gasteiger partial charge in [0.15, 0.2) is 0 Å². The van der Waals surface area contributed by atoms with E-state index in [0.29, 0.717) is 50.0 Å². The van der Waals surface area contributed by atoms with E-state index in [4.69, 9.17) is 0 Å². The minimum atomic E-state index is -3.20. The second-order valence-corrected chi connectivity index (χ2v) is 14.6. The molecule has 1 N–H and O–H groups in total. The molecule has 3 fully saturated rings. The summed E-state index contributed by atoms with van der Waals surface area (Å²) >= 11 is 1.69. The monoisotopic (exact) mass is 562 g/mol. The topological polar surface area (TPSA) is 100 Å². The molecular weight excluding hydrogens is 520 g/mol. The summed E-state index contributed by atoms with van der Waals surface area (Å²) in [7, 11) is -3.20. The summed E-state index contributed by atoms with van der Waals surface area (Å²) in [6.45, 7) is 8.27. The smallest absolute Gasteiger partial charge is 0.223 e. The molecule has 1 amide bonds. The highest BCUT2D eigenvalue weighted by atomic mass is 32.2. The van der Waals surface area contributed by atoms with Crippen molar-refractivity contribution in [1.82, 2.24) is 29.3 Å². The van der Waals surface area contributed by atoms with Gasteiger partial charge in [0.2, 0.25) is 15.9 Å². The number of aromatic nitrogens is 3. The van der Waals surface area contributed by atoms with Crippen molar-refractivity contribution in [2.75, 3.05) is 25.9 Å². The first kappa shape index (κ1) is 27.7. The van der Waals surface area contributed by atoms with Crippen molar-refractivity contribution in [2.24, 2.45) is 5.92 Å². The van der Waals surface area contributed by atoms with E-state index < -0.39 is 10.0 Å². The quantitative estimate of drug-likeness (QED) is 0.498. The number of amides is 1. The summed E-state index contributed by atoms with van der Waals surface area (Å²) in [4.78, 5) is 17.1. The summed E-state index contributed by atoms with van der Waals surface area (Å²) in [6.07, 6.45) is 8.00. The fourth-order valence-corrected chi connectivity index (χ4v) is 8.53. The van der Waals surface area contributed by atoms with E-state index in [1.54, 1.807) is 11.3 Å². The Morgan fingerprint density at radius 3 is 2.37 bits per heavy atom. The maximum absolute atomic E-state index is 13.2. The van der Waals surface area contributed by atoms with Crippen LogP contribution in [0.2, 0.25) is 0 Å². The van der Waals surface area contributed by atoms with Gasteiger partial charge in [0.1, 0.15) is 11.6 Å². The number of nitrogens with zero attached hydrogens (tertiary/aromatic N) is 5. The van der Waals surface area contributed by atoms with Crippen molar-refractivity contribution in [1.29, 1.82) is 0 Å². The molecule has 11 heteroatoms. The first-order valence-corrected chi connectivity index (χ1v) is 16.8. The zero-order valence-corrected chi connectivity index (χ0v) is 24.7. The maximum Gasteiger partial charge on any atom is 0.223 e. The lowest BCUT2D eigenvalue weighted by Crippen LogP contribution is -2.46. The third kappa shape index (κ3) is 5.85. The van der Waals surface area contributed by atoms with Crippen LogP contribution in [-0.2, 0) is 14.8 Å². The molecule has 0 radical (unpaired) electrons. The van der Waals surface area contributed by atoms with Crippen LogP contribution in [0.5, 0.6) is 0 Å². The molecule has 9 nitrogen and oxygen atoms in total. The fraction of sp³-hybridized carbons (Fsp3) is 0.741. The molecule has 5 heterocycles. The Morgan fingerprint density at radius 2 is 1.79 bits per heavy atom. The number of rotatable bonds is 9. The standard InChI is InChI=1S/C27H42N6O3S2/c1-18(2)26-30-29-19(3)33(26)23-16-21-7-8-22(17-23)32(21)14-11-24(25-6-5-15-37-25)28-27(34)20-9-12-31(13-10-20)38(4,35)36/h5-6,15,18,20-24H,7-14,16-17H2,1-4H3,(H,28,34)/t21-,22+,23?,24-/m0/s1. The van der Waals surface area contributed by atoms with Gasteiger partial charge in [-0.25, -0.2) is 12.7 Å². The number of sulfonamides is 1. The maximum atomic E-state index is 13.2. The number of thiophene rings is 1. The predicted octanol–water partition coefficient (Wildman–Crippen LogP) is 3.86. The zero-order chi connectivity index (χ0) is 27.0. The molecule has 4 atom stereocenters. The summed E-state index contributed by atoms with van der Waals surface area (Å²) in [5, 5.41) is 14.3. The normalized spacial score (nSPS) is 26.2. The first-order chi connectivity index (χ1) is 18.1. The molecule has 3 aliphatic heterocycles. The van der Waals surface area contributed by atoms with E-state index in [1.807, 2.05) is 6.07 Å². The minimum Gasteiger partial charge on any atom is -0.348 e. The Balaban J connectivity index is 1.21. The Labute approximate surface area is 231 Å². The predicted molar refractivity (Wildman–Crippen MR) is 150 cm³/mol. The van der Waals surface area contributed by atoms with Crippen LogP contribution in [0.3, 0.4) is 0 Å². The fourth-order valence-electron chi connectivity index (χ4n) is 6.84. The molecular formula is C27H42N6O3S2. The second-order valence-electron chi connectivity index (χ2n) is 11.7. The van der Waals surface area contributed by atoms with Gasteiger partial charge in [-0.05, 0) is 63.3 Å². The van der Waals surface area contributed by atoms with Gasteiger partial charge in [0.05, 0.1) is 12.3 Å². The summed E-state index contributed by atoms with van der Waals surface area (Å²) in [5.41, 5.74) is 0. The lowest BCUT2D eigenvalue weighted by Gasteiger charge is -2.40. The lowest BCUT2D eigenvalue weighted by molar-refractivity contribution is -0.127. The van der Waals surface area contributed by atoms with Gasteiger partial charge in [0, 0.05) is 54.5 Å². The van der Waals surface area contributed by atoms with Crippen LogP contribution in [0.4, 0.5) is 0 Å². The zero-order valence-electron chi connectivity index (χ0n) is 23.0. The van der Waals surface area contributed by atoms with E-state index >= 15 is 0 Å². The summed E-state index contributed by atoms with van der Waals surface area (Å²) in [6, 6.07) is 5.72. The van der Waals surface area contributed by atoms with Crippen LogP contribution in [0.15, 0.2) is 17.5 Å². The van der Waals surface area contributed by atoms with Crippen molar-refractivity contribution < 1.29 is 13.2 Å². The third-order valence-electron chi connectivity index (χ3n) is 8.81. The number of aryl methyl sites for hydroxylation is 1. The van der Waals surface area contributed by atoms with Crippen molar-refractivity contribution >= 4 is 27.3 Å². The van der Waals surface area contributed by atoms with Crippen molar-refractivity contribution in [3.05, 3.63) is 34.0 Å². The van der Waals surface area contributed by atoms with Crippen LogP contribution in [0.1, 0.15) is 93.3 Å². The molecule has 0 aliphatic carbocycles. The molecule has 210 valence electrons. The van der Waals surface area contributed by atoms with Crippen molar-refractivity contribution in [3.63, 3.8) is 0 Å². The van der Waals surface area contributed by atoms with Gasteiger partial charge in [0.25, 0.3) is 0 Å². The Morgan fingerprint density at radius 1 is 1.11 bits per heavy atom. The first-order valence-electron chi connectivity index (χ1n) is 14.1. The largest absolute Gasteiger partial charge is 0.348 e. The van der Waals surface area contributed by atoms with Crippen LogP contribution in [0, 0.1) is 12.8 Å². The number of piperidine rings is 2. The molecule has 2 bridgehead atoms. The molecule has 38 heavy (non-hydrogen) atoms. The van der Waals surface area contributed by atoms with E-state index in [9.17, 15) is 13.2 Å². The van der Waals surface area contributed by atoms with Crippen LogP contribution in [0.25, 0.3) is 0 Å². The lowest BCUT2D eigenvalue weighted by atomic mass is 9.95. The Bertz CT molecular complexity index is 1190. The highest BCUT2D eigenvalue weighted by molar-refractivity contribution is 7.88. The van der Waals surface area contributed by atoms with Gasteiger partial charge < -0.3 is 9.88 Å². The number of carbonyl (C=O) groups is 1. The number of hydrogen-bond donors (Lipinski definition) is 1. The molecule has 0 saturated carbocycles. The van der Waals surface area contributed by atoms with Gasteiger partial charge >= 0.3 is 0 Å². The summed E-state index contributed by atoms with van der Waals surface area (Å²) in [5.74, 6) is 2.41. The second kappa shape index (κ2) is 11.3. The van der Waals surface area contributed by atoms with Gasteiger partial charge in [-0.15, -0.1) is 21.5 Å². The van der Waals surface area contributed by atoms with Crippen molar-refractivity contribution in [2.45, 2.75) is 95.8 Å². The van der Waals surface area contributed by atoms with Crippen molar-refractivity contribution in [3.8, 4) is 0 Å². The minimum absolute atomic E-state index is 0.0137. The number of hydrogen-bond acceptors (Lipinski definition) is 7. The molecule has 0 aromatic carbocycles. The highest BCUT2D eigenvalue weighted by Gasteiger charge is 2.42. The average molecular weight is 563 g/mol.